The summed E-state index contributed by atoms with van der Waals surface area (Å²) in [5, 5.41) is 9.58. The maximum absolute atomic E-state index is 12.6. The van der Waals surface area contributed by atoms with Crippen molar-refractivity contribution < 1.29 is 14.2 Å². The number of rotatable bonds is 6. The third-order valence-corrected chi connectivity index (χ3v) is 2.04. The van der Waals surface area contributed by atoms with Crippen molar-refractivity contribution in [3.63, 3.8) is 0 Å². The standard InChI is InChI=1S/C12H17FO2/c1-2-7-15-9-12(14)8-10-3-5-11(13)6-4-10/h3-6,12,14H,2,7-9H2,1H3. The van der Waals surface area contributed by atoms with Crippen LogP contribution in [0, 0.1) is 5.82 Å². The van der Waals surface area contributed by atoms with Gasteiger partial charge in [-0.1, -0.05) is 19.1 Å². The monoisotopic (exact) mass is 212 g/mol. The van der Waals surface area contributed by atoms with E-state index >= 15 is 0 Å². The Morgan fingerprint density at radius 2 is 2.00 bits per heavy atom. The molecule has 0 bridgehead atoms. The molecular weight excluding hydrogens is 195 g/mol. The molecule has 0 fully saturated rings. The smallest absolute Gasteiger partial charge is 0.123 e. The van der Waals surface area contributed by atoms with Gasteiger partial charge in [0.25, 0.3) is 0 Å². The molecule has 1 aromatic carbocycles. The molecular formula is C12H17FO2. The van der Waals surface area contributed by atoms with Crippen molar-refractivity contribution in [2.45, 2.75) is 25.9 Å². The molecule has 2 nitrogen and oxygen atoms in total. The Bertz CT molecular complexity index is 271. The highest BCUT2D eigenvalue weighted by Crippen LogP contribution is 2.06. The normalized spacial score (nSPS) is 12.7. The van der Waals surface area contributed by atoms with Crippen LogP contribution in [0.3, 0.4) is 0 Å². The van der Waals surface area contributed by atoms with Crippen LogP contribution in [0.1, 0.15) is 18.9 Å². The summed E-state index contributed by atoms with van der Waals surface area (Å²) < 4.78 is 17.8. The van der Waals surface area contributed by atoms with Crippen molar-refractivity contribution in [3.05, 3.63) is 35.6 Å². The van der Waals surface area contributed by atoms with Crippen LogP contribution in [0.5, 0.6) is 0 Å². The molecule has 1 aromatic rings. The van der Waals surface area contributed by atoms with Gasteiger partial charge in [-0.15, -0.1) is 0 Å². The number of aliphatic hydroxyl groups is 1. The number of benzene rings is 1. The molecule has 0 heterocycles. The minimum absolute atomic E-state index is 0.254. The summed E-state index contributed by atoms with van der Waals surface area (Å²) in [5.41, 5.74) is 0.920. The molecule has 0 aliphatic heterocycles. The average molecular weight is 212 g/mol. The molecule has 1 atom stereocenters. The van der Waals surface area contributed by atoms with Crippen LogP contribution >= 0.6 is 0 Å². The van der Waals surface area contributed by atoms with Crippen LogP contribution in [-0.2, 0) is 11.2 Å². The minimum atomic E-state index is -0.512. The van der Waals surface area contributed by atoms with E-state index in [0.717, 1.165) is 12.0 Å². The fraction of sp³-hybridized carbons (Fsp3) is 0.500. The fourth-order valence-corrected chi connectivity index (χ4v) is 1.32. The lowest BCUT2D eigenvalue weighted by Gasteiger charge is -2.10. The molecule has 0 radical (unpaired) electrons. The van der Waals surface area contributed by atoms with Gasteiger partial charge in [-0.25, -0.2) is 4.39 Å². The molecule has 1 unspecified atom stereocenters. The number of ether oxygens (including phenoxy) is 1. The van der Waals surface area contributed by atoms with Crippen LogP contribution in [-0.4, -0.2) is 24.4 Å². The molecule has 0 aromatic heterocycles. The first kappa shape index (κ1) is 12.1. The first-order valence-electron chi connectivity index (χ1n) is 5.22. The molecule has 0 amide bonds. The van der Waals surface area contributed by atoms with E-state index in [4.69, 9.17) is 4.74 Å². The topological polar surface area (TPSA) is 29.5 Å². The third kappa shape index (κ3) is 4.91. The van der Waals surface area contributed by atoms with Crippen LogP contribution in [0.15, 0.2) is 24.3 Å². The summed E-state index contributed by atoms with van der Waals surface area (Å²) in [6.07, 6.45) is 0.940. The highest BCUT2D eigenvalue weighted by atomic mass is 19.1. The maximum Gasteiger partial charge on any atom is 0.123 e. The van der Waals surface area contributed by atoms with Gasteiger partial charge < -0.3 is 9.84 Å². The zero-order valence-corrected chi connectivity index (χ0v) is 8.95. The van der Waals surface area contributed by atoms with Crippen LogP contribution in [0.4, 0.5) is 4.39 Å². The Morgan fingerprint density at radius 3 is 2.60 bits per heavy atom. The van der Waals surface area contributed by atoms with Crippen molar-refractivity contribution in [1.82, 2.24) is 0 Å². The van der Waals surface area contributed by atoms with Gasteiger partial charge in [0.05, 0.1) is 12.7 Å². The Labute approximate surface area is 89.7 Å². The van der Waals surface area contributed by atoms with Crippen molar-refractivity contribution in [2.75, 3.05) is 13.2 Å². The van der Waals surface area contributed by atoms with Crippen LogP contribution in [0.25, 0.3) is 0 Å². The Morgan fingerprint density at radius 1 is 1.33 bits per heavy atom. The van der Waals surface area contributed by atoms with Crippen molar-refractivity contribution in [2.24, 2.45) is 0 Å². The number of hydrogen-bond acceptors (Lipinski definition) is 2. The lowest BCUT2D eigenvalue weighted by atomic mass is 10.1. The van der Waals surface area contributed by atoms with E-state index in [2.05, 4.69) is 0 Å². The summed E-state index contributed by atoms with van der Waals surface area (Å²) in [4.78, 5) is 0. The Balaban J connectivity index is 2.31. The van der Waals surface area contributed by atoms with Crippen molar-refractivity contribution in [3.8, 4) is 0 Å². The average Bonchev–Trinajstić information content (AvgIpc) is 2.22. The highest BCUT2D eigenvalue weighted by Gasteiger charge is 2.05. The summed E-state index contributed by atoms with van der Waals surface area (Å²) in [6, 6.07) is 6.15. The Hall–Kier alpha value is -0.930. The van der Waals surface area contributed by atoms with E-state index in [9.17, 15) is 9.50 Å². The van der Waals surface area contributed by atoms with E-state index in [1.807, 2.05) is 6.92 Å². The number of hydrogen-bond donors (Lipinski definition) is 1. The fourth-order valence-electron chi connectivity index (χ4n) is 1.32. The first-order valence-corrected chi connectivity index (χ1v) is 5.22. The van der Waals surface area contributed by atoms with E-state index in [1.165, 1.54) is 12.1 Å². The second kappa shape index (κ2) is 6.53. The second-order valence-corrected chi connectivity index (χ2v) is 3.56. The predicted octanol–water partition coefficient (Wildman–Crippen LogP) is 2.16. The van der Waals surface area contributed by atoms with Gasteiger partial charge in [0.2, 0.25) is 0 Å². The third-order valence-electron chi connectivity index (χ3n) is 2.04. The first-order chi connectivity index (χ1) is 7.22. The lowest BCUT2D eigenvalue weighted by molar-refractivity contribution is 0.0374. The molecule has 0 spiro atoms. The largest absolute Gasteiger partial charge is 0.390 e. The molecule has 15 heavy (non-hydrogen) atoms. The van der Waals surface area contributed by atoms with Crippen LogP contribution in [0.2, 0.25) is 0 Å². The minimum Gasteiger partial charge on any atom is -0.390 e. The van der Waals surface area contributed by atoms with E-state index in [-0.39, 0.29) is 5.82 Å². The van der Waals surface area contributed by atoms with E-state index < -0.39 is 6.10 Å². The molecule has 0 saturated carbocycles. The lowest BCUT2D eigenvalue weighted by Crippen LogP contribution is -2.18. The zero-order chi connectivity index (χ0) is 11.1. The van der Waals surface area contributed by atoms with Gasteiger partial charge >= 0.3 is 0 Å². The van der Waals surface area contributed by atoms with Gasteiger partial charge in [-0.05, 0) is 24.1 Å². The molecule has 84 valence electrons. The van der Waals surface area contributed by atoms with E-state index in [0.29, 0.717) is 19.6 Å². The number of halogens is 1. The zero-order valence-electron chi connectivity index (χ0n) is 8.95. The van der Waals surface area contributed by atoms with Gasteiger partial charge in [0.1, 0.15) is 5.82 Å². The molecule has 0 aliphatic carbocycles. The summed E-state index contributed by atoms with van der Waals surface area (Å²) in [7, 11) is 0. The highest BCUT2D eigenvalue weighted by molar-refractivity contribution is 5.16. The second-order valence-electron chi connectivity index (χ2n) is 3.56. The quantitative estimate of drug-likeness (QED) is 0.732. The summed E-state index contributed by atoms with van der Waals surface area (Å²) in [6.45, 7) is 3.03. The summed E-state index contributed by atoms with van der Waals surface area (Å²) >= 11 is 0. The predicted molar refractivity (Wildman–Crippen MR) is 57.2 cm³/mol. The van der Waals surface area contributed by atoms with Crippen LogP contribution < -0.4 is 0 Å². The van der Waals surface area contributed by atoms with Gasteiger partial charge in [0, 0.05) is 13.0 Å². The maximum atomic E-state index is 12.6. The molecule has 3 heteroatoms. The van der Waals surface area contributed by atoms with Crippen molar-refractivity contribution >= 4 is 0 Å². The number of aliphatic hydroxyl groups excluding tert-OH is 1. The van der Waals surface area contributed by atoms with Gasteiger partial charge in [0.15, 0.2) is 0 Å². The molecule has 0 saturated heterocycles. The van der Waals surface area contributed by atoms with Gasteiger partial charge in [-0.2, -0.15) is 0 Å². The van der Waals surface area contributed by atoms with Crippen molar-refractivity contribution in [1.29, 1.82) is 0 Å². The molecule has 1 rings (SSSR count). The Kier molecular flexibility index (Phi) is 5.29. The summed E-state index contributed by atoms with van der Waals surface area (Å²) in [5.74, 6) is -0.254. The van der Waals surface area contributed by atoms with E-state index in [1.54, 1.807) is 12.1 Å². The van der Waals surface area contributed by atoms with Gasteiger partial charge in [-0.3, -0.25) is 0 Å². The SMILES string of the molecule is CCCOCC(O)Cc1ccc(F)cc1. The molecule has 0 aliphatic rings. The molecule has 1 N–H and O–H groups in total.